The van der Waals surface area contributed by atoms with Crippen LogP contribution in [-0.2, 0) is 4.79 Å². The van der Waals surface area contributed by atoms with Crippen LogP contribution in [0.3, 0.4) is 0 Å². The monoisotopic (exact) mass is 244 g/mol. The van der Waals surface area contributed by atoms with E-state index < -0.39 is 0 Å². The average Bonchev–Trinajstić information content (AvgIpc) is 2.34. The topological polar surface area (TPSA) is 61.4 Å². The van der Waals surface area contributed by atoms with Crippen LogP contribution < -0.4 is 10.6 Å². The second-order valence-corrected chi connectivity index (χ2v) is 4.86. The number of rotatable bonds is 9. The van der Waals surface area contributed by atoms with Crippen molar-refractivity contribution in [2.75, 3.05) is 26.7 Å². The van der Waals surface area contributed by atoms with E-state index in [0.29, 0.717) is 13.1 Å². The molecule has 1 amide bonds. The van der Waals surface area contributed by atoms with E-state index in [0.717, 1.165) is 19.3 Å². The van der Waals surface area contributed by atoms with Gasteiger partial charge in [0.15, 0.2) is 0 Å². The molecule has 0 saturated carbocycles. The summed E-state index contributed by atoms with van der Waals surface area (Å²) in [6.45, 7) is 7.68. The third-order valence-electron chi connectivity index (χ3n) is 3.74. The van der Waals surface area contributed by atoms with Crippen molar-refractivity contribution in [1.29, 1.82) is 0 Å². The third-order valence-corrected chi connectivity index (χ3v) is 3.74. The molecular formula is C13H28N2O2. The summed E-state index contributed by atoms with van der Waals surface area (Å²) >= 11 is 0. The van der Waals surface area contributed by atoms with Gasteiger partial charge in [0, 0.05) is 25.6 Å². The second-order valence-electron chi connectivity index (χ2n) is 4.86. The molecule has 0 aliphatic heterocycles. The van der Waals surface area contributed by atoms with Gasteiger partial charge in [0.25, 0.3) is 0 Å². The van der Waals surface area contributed by atoms with Crippen LogP contribution in [0.2, 0.25) is 0 Å². The van der Waals surface area contributed by atoms with Crippen molar-refractivity contribution in [1.82, 2.24) is 10.6 Å². The molecule has 0 spiro atoms. The molecule has 4 nitrogen and oxygen atoms in total. The number of hydrogen-bond donors (Lipinski definition) is 3. The zero-order valence-electron chi connectivity index (χ0n) is 11.7. The molecule has 1 unspecified atom stereocenters. The largest absolute Gasteiger partial charge is 0.396 e. The van der Waals surface area contributed by atoms with Gasteiger partial charge in [-0.15, -0.1) is 0 Å². The number of carbonyl (C=O) groups is 1. The highest BCUT2D eigenvalue weighted by molar-refractivity contribution is 5.78. The lowest BCUT2D eigenvalue weighted by atomic mass is 9.79. The molecule has 0 bridgehead atoms. The molecule has 0 aromatic rings. The van der Waals surface area contributed by atoms with Crippen LogP contribution in [0.25, 0.3) is 0 Å². The van der Waals surface area contributed by atoms with Crippen molar-refractivity contribution in [2.24, 2.45) is 11.3 Å². The minimum absolute atomic E-state index is 0.0134. The van der Waals surface area contributed by atoms with Gasteiger partial charge >= 0.3 is 0 Å². The Morgan fingerprint density at radius 3 is 2.35 bits per heavy atom. The highest BCUT2D eigenvalue weighted by atomic mass is 16.3. The van der Waals surface area contributed by atoms with E-state index in [-0.39, 0.29) is 23.8 Å². The van der Waals surface area contributed by atoms with Crippen LogP contribution in [0, 0.1) is 11.3 Å². The molecule has 0 heterocycles. The lowest BCUT2D eigenvalue weighted by Gasteiger charge is -2.31. The third kappa shape index (κ3) is 5.50. The molecule has 102 valence electrons. The molecule has 1 atom stereocenters. The number of amides is 1. The van der Waals surface area contributed by atoms with Gasteiger partial charge in [0.1, 0.15) is 0 Å². The van der Waals surface area contributed by atoms with Crippen molar-refractivity contribution in [2.45, 2.75) is 40.0 Å². The maximum absolute atomic E-state index is 11.8. The summed E-state index contributed by atoms with van der Waals surface area (Å²) in [5.74, 6) is 0.0732. The molecule has 3 N–H and O–H groups in total. The van der Waals surface area contributed by atoms with Crippen LogP contribution in [0.5, 0.6) is 0 Å². The maximum atomic E-state index is 11.8. The molecule has 0 aromatic carbocycles. The first kappa shape index (κ1) is 16.4. The van der Waals surface area contributed by atoms with Gasteiger partial charge < -0.3 is 15.7 Å². The zero-order valence-corrected chi connectivity index (χ0v) is 11.7. The predicted octanol–water partition coefficient (Wildman–Crippen LogP) is 1.15. The summed E-state index contributed by atoms with van der Waals surface area (Å²) < 4.78 is 0. The summed E-state index contributed by atoms with van der Waals surface area (Å²) in [5, 5.41) is 15.1. The number of carbonyl (C=O) groups excluding carboxylic acids is 1. The fraction of sp³-hybridized carbons (Fsp3) is 0.923. The molecule has 0 aromatic heterocycles. The Labute approximate surface area is 105 Å². The molecule has 0 fully saturated rings. The molecule has 0 aliphatic carbocycles. The van der Waals surface area contributed by atoms with E-state index in [1.807, 2.05) is 14.0 Å². The van der Waals surface area contributed by atoms with Crippen LogP contribution in [0.15, 0.2) is 0 Å². The van der Waals surface area contributed by atoms with E-state index in [1.165, 1.54) is 0 Å². The van der Waals surface area contributed by atoms with Crippen molar-refractivity contribution in [3.05, 3.63) is 0 Å². The van der Waals surface area contributed by atoms with Crippen molar-refractivity contribution in [3.63, 3.8) is 0 Å². The average molecular weight is 244 g/mol. The van der Waals surface area contributed by atoms with E-state index in [9.17, 15) is 4.79 Å². The zero-order chi connectivity index (χ0) is 13.3. The van der Waals surface area contributed by atoms with Crippen LogP contribution in [-0.4, -0.2) is 37.8 Å². The molecule has 0 rings (SSSR count). The van der Waals surface area contributed by atoms with Gasteiger partial charge in [-0.2, -0.15) is 0 Å². The summed E-state index contributed by atoms with van der Waals surface area (Å²) in [4.78, 5) is 11.8. The highest BCUT2D eigenvalue weighted by Crippen LogP contribution is 2.29. The van der Waals surface area contributed by atoms with Gasteiger partial charge in [-0.25, -0.2) is 0 Å². The van der Waals surface area contributed by atoms with Gasteiger partial charge in [-0.3, -0.25) is 4.79 Å². The van der Waals surface area contributed by atoms with E-state index in [4.69, 9.17) is 5.11 Å². The fourth-order valence-corrected chi connectivity index (χ4v) is 2.03. The predicted molar refractivity (Wildman–Crippen MR) is 70.8 cm³/mol. The maximum Gasteiger partial charge on any atom is 0.224 e. The first-order valence-corrected chi connectivity index (χ1v) is 6.58. The standard InChI is InChI=1S/C13H28N2O2/c1-5-13(6-2,7-8-16)10-15-12(17)11(3)9-14-4/h11,14,16H,5-10H2,1-4H3,(H,15,17). The van der Waals surface area contributed by atoms with Gasteiger partial charge in [0.2, 0.25) is 5.91 Å². The Balaban J connectivity index is 4.25. The Bertz CT molecular complexity index is 215. The minimum atomic E-state index is -0.0134. The molecule has 4 heteroatoms. The summed E-state index contributed by atoms with van der Waals surface area (Å²) in [6.07, 6.45) is 2.70. The Morgan fingerprint density at radius 1 is 1.35 bits per heavy atom. The number of aliphatic hydroxyl groups is 1. The van der Waals surface area contributed by atoms with E-state index >= 15 is 0 Å². The Hall–Kier alpha value is -0.610. The van der Waals surface area contributed by atoms with Gasteiger partial charge in [0.05, 0.1) is 0 Å². The highest BCUT2D eigenvalue weighted by Gasteiger charge is 2.26. The fourth-order valence-electron chi connectivity index (χ4n) is 2.03. The molecule has 0 radical (unpaired) electrons. The summed E-state index contributed by atoms with van der Waals surface area (Å²) in [7, 11) is 1.85. The molecular weight excluding hydrogens is 216 g/mol. The second kappa shape index (κ2) is 8.48. The van der Waals surface area contributed by atoms with Crippen molar-refractivity contribution in [3.8, 4) is 0 Å². The Kier molecular flexibility index (Phi) is 8.17. The Morgan fingerprint density at radius 2 is 1.94 bits per heavy atom. The quantitative estimate of drug-likeness (QED) is 0.570. The minimum Gasteiger partial charge on any atom is -0.396 e. The van der Waals surface area contributed by atoms with E-state index in [1.54, 1.807) is 0 Å². The SMILES string of the molecule is CCC(CC)(CCO)CNC(=O)C(C)CNC. The molecule has 0 saturated heterocycles. The van der Waals surface area contributed by atoms with Crippen LogP contribution >= 0.6 is 0 Å². The number of aliphatic hydroxyl groups excluding tert-OH is 1. The first-order valence-electron chi connectivity index (χ1n) is 6.58. The van der Waals surface area contributed by atoms with Crippen LogP contribution in [0.1, 0.15) is 40.0 Å². The first-order chi connectivity index (χ1) is 8.05. The molecule has 0 aliphatic rings. The number of nitrogens with one attached hydrogen (secondary N) is 2. The number of hydrogen-bond acceptors (Lipinski definition) is 3. The van der Waals surface area contributed by atoms with Crippen molar-refractivity contribution < 1.29 is 9.90 Å². The van der Waals surface area contributed by atoms with E-state index in [2.05, 4.69) is 24.5 Å². The van der Waals surface area contributed by atoms with Crippen LogP contribution in [0.4, 0.5) is 0 Å². The van der Waals surface area contributed by atoms with Gasteiger partial charge in [-0.1, -0.05) is 20.8 Å². The summed E-state index contributed by atoms with van der Waals surface area (Å²) in [5.41, 5.74) is 0.0454. The van der Waals surface area contributed by atoms with Gasteiger partial charge in [-0.05, 0) is 31.7 Å². The lowest BCUT2D eigenvalue weighted by molar-refractivity contribution is -0.125. The lowest BCUT2D eigenvalue weighted by Crippen LogP contribution is -2.41. The van der Waals surface area contributed by atoms with Crippen molar-refractivity contribution >= 4 is 5.91 Å². The summed E-state index contributed by atoms with van der Waals surface area (Å²) in [6, 6.07) is 0. The normalized spacial score (nSPS) is 13.5. The molecule has 17 heavy (non-hydrogen) atoms. The smallest absolute Gasteiger partial charge is 0.224 e.